The van der Waals surface area contributed by atoms with E-state index in [0.29, 0.717) is 0 Å². The Balaban J connectivity index is 2.53. The first-order valence-electron chi connectivity index (χ1n) is 4.47. The second-order valence-electron chi connectivity index (χ2n) is 3.38. The highest BCUT2D eigenvalue weighted by molar-refractivity contribution is 5.46. The van der Waals surface area contributed by atoms with E-state index in [1.165, 1.54) is 11.1 Å². The van der Waals surface area contributed by atoms with Gasteiger partial charge in [0.2, 0.25) is 6.41 Å². The van der Waals surface area contributed by atoms with Gasteiger partial charge in [0.25, 0.3) is 0 Å². The minimum atomic E-state index is 0.209. The Labute approximate surface area is 79.0 Å². The van der Waals surface area contributed by atoms with Gasteiger partial charge in [-0.15, -0.1) is 0 Å². The summed E-state index contributed by atoms with van der Waals surface area (Å²) in [6.07, 6.45) is 1.64. The van der Waals surface area contributed by atoms with Crippen molar-refractivity contribution in [1.82, 2.24) is 5.32 Å². The van der Waals surface area contributed by atoms with E-state index in [0.717, 1.165) is 12.8 Å². The lowest BCUT2D eigenvalue weighted by molar-refractivity contribution is -0.110. The minimum absolute atomic E-state index is 0.209. The molecule has 0 saturated heterocycles. The average Bonchev–Trinajstić information content (AvgIpc) is 2.09. The van der Waals surface area contributed by atoms with E-state index < -0.39 is 0 Å². The third-order valence-electron chi connectivity index (χ3n) is 2.02. The molecule has 0 aliphatic rings. The molecule has 1 atom stereocenters. The zero-order chi connectivity index (χ0) is 9.68. The van der Waals surface area contributed by atoms with Gasteiger partial charge >= 0.3 is 0 Å². The summed E-state index contributed by atoms with van der Waals surface area (Å²) >= 11 is 0. The van der Waals surface area contributed by atoms with Crippen molar-refractivity contribution in [1.29, 1.82) is 0 Å². The summed E-state index contributed by atoms with van der Waals surface area (Å²) in [5.74, 6) is 0. The summed E-state index contributed by atoms with van der Waals surface area (Å²) in [5.41, 5.74) is 2.52. The maximum atomic E-state index is 10.1. The zero-order valence-electron chi connectivity index (χ0n) is 8.08. The van der Waals surface area contributed by atoms with E-state index in [2.05, 4.69) is 36.5 Å². The summed E-state index contributed by atoms with van der Waals surface area (Å²) in [6.45, 7) is 4.06. The maximum absolute atomic E-state index is 10.1. The SMILES string of the molecule is Cc1ccc(C[C@@H](C)NC=O)cc1. The van der Waals surface area contributed by atoms with Crippen molar-refractivity contribution < 1.29 is 4.79 Å². The van der Waals surface area contributed by atoms with Crippen LogP contribution >= 0.6 is 0 Å². The van der Waals surface area contributed by atoms with Gasteiger partial charge in [-0.25, -0.2) is 0 Å². The standard InChI is InChI=1S/C11H15NO/c1-9-3-5-11(6-4-9)7-10(2)12-8-13/h3-6,8,10H,7H2,1-2H3,(H,12,13)/t10-/m1/s1. The molecule has 0 aromatic heterocycles. The lowest BCUT2D eigenvalue weighted by atomic mass is 10.1. The van der Waals surface area contributed by atoms with Gasteiger partial charge in [-0.1, -0.05) is 29.8 Å². The van der Waals surface area contributed by atoms with Gasteiger partial charge in [-0.2, -0.15) is 0 Å². The molecule has 1 aromatic carbocycles. The third kappa shape index (κ3) is 3.28. The molecule has 70 valence electrons. The van der Waals surface area contributed by atoms with E-state index in [9.17, 15) is 4.79 Å². The fourth-order valence-corrected chi connectivity index (χ4v) is 1.25. The fraction of sp³-hybridized carbons (Fsp3) is 0.364. The molecule has 0 heterocycles. The average molecular weight is 177 g/mol. The topological polar surface area (TPSA) is 29.1 Å². The number of nitrogens with one attached hydrogen (secondary N) is 1. The van der Waals surface area contributed by atoms with Crippen molar-refractivity contribution in [2.45, 2.75) is 26.3 Å². The predicted octanol–water partition coefficient (Wildman–Crippen LogP) is 1.67. The van der Waals surface area contributed by atoms with Crippen LogP contribution in [0, 0.1) is 6.92 Å². The third-order valence-corrected chi connectivity index (χ3v) is 2.02. The van der Waals surface area contributed by atoms with Crippen LogP contribution in [0.3, 0.4) is 0 Å². The second-order valence-corrected chi connectivity index (χ2v) is 3.38. The summed E-state index contributed by atoms with van der Waals surface area (Å²) in [7, 11) is 0. The molecule has 0 unspecified atom stereocenters. The molecule has 0 aliphatic carbocycles. The Hall–Kier alpha value is -1.31. The van der Waals surface area contributed by atoms with Crippen LogP contribution in [0.15, 0.2) is 24.3 Å². The number of hydrogen-bond donors (Lipinski definition) is 1. The van der Waals surface area contributed by atoms with Crippen molar-refractivity contribution in [3.8, 4) is 0 Å². The van der Waals surface area contributed by atoms with Crippen molar-refractivity contribution in [3.05, 3.63) is 35.4 Å². The van der Waals surface area contributed by atoms with E-state index >= 15 is 0 Å². The van der Waals surface area contributed by atoms with Gasteiger partial charge in [0.05, 0.1) is 0 Å². The molecule has 13 heavy (non-hydrogen) atoms. The molecular weight excluding hydrogens is 162 g/mol. The number of carbonyl (C=O) groups is 1. The molecule has 0 fully saturated rings. The number of amides is 1. The molecule has 2 heteroatoms. The van der Waals surface area contributed by atoms with Crippen LogP contribution in [-0.2, 0) is 11.2 Å². The Morgan fingerprint density at radius 1 is 1.38 bits per heavy atom. The Morgan fingerprint density at radius 3 is 2.54 bits per heavy atom. The van der Waals surface area contributed by atoms with E-state index in [4.69, 9.17) is 0 Å². The molecule has 0 aliphatic heterocycles. The normalized spacial score (nSPS) is 12.2. The van der Waals surface area contributed by atoms with Crippen LogP contribution in [0.2, 0.25) is 0 Å². The summed E-state index contributed by atoms with van der Waals surface area (Å²) in [6, 6.07) is 8.57. The Kier molecular flexibility index (Phi) is 3.50. The van der Waals surface area contributed by atoms with Gasteiger partial charge in [0, 0.05) is 6.04 Å². The van der Waals surface area contributed by atoms with E-state index in [1.54, 1.807) is 0 Å². The molecule has 0 spiro atoms. The molecule has 1 N–H and O–H groups in total. The first-order valence-corrected chi connectivity index (χ1v) is 4.47. The molecule has 0 bridgehead atoms. The number of hydrogen-bond acceptors (Lipinski definition) is 1. The molecule has 1 aromatic rings. The Bertz CT molecular complexity index is 266. The van der Waals surface area contributed by atoms with Crippen LogP contribution in [0.4, 0.5) is 0 Å². The highest BCUT2D eigenvalue weighted by Gasteiger charge is 2.00. The quantitative estimate of drug-likeness (QED) is 0.696. The molecule has 2 nitrogen and oxygen atoms in total. The molecule has 0 radical (unpaired) electrons. The summed E-state index contributed by atoms with van der Waals surface area (Å²) in [5, 5.41) is 2.73. The summed E-state index contributed by atoms with van der Waals surface area (Å²) in [4.78, 5) is 10.1. The lowest BCUT2D eigenvalue weighted by Crippen LogP contribution is -2.26. The zero-order valence-corrected chi connectivity index (χ0v) is 8.08. The smallest absolute Gasteiger partial charge is 0.207 e. The highest BCUT2D eigenvalue weighted by atomic mass is 16.1. The van der Waals surface area contributed by atoms with Crippen LogP contribution in [0.5, 0.6) is 0 Å². The van der Waals surface area contributed by atoms with Gasteiger partial charge < -0.3 is 5.32 Å². The first kappa shape index (κ1) is 9.78. The van der Waals surface area contributed by atoms with Crippen LogP contribution in [-0.4, -0.2) is 12.5 Å². The summed E-state index contributed by atoms with van der Waals surface area (Å²) < 4.78 is 0. The maximum Gasteiger partial charge on any atom is 0.207 e. The van der Waals surface area contributed by atoms with Crippen LogP contribution in [0.25, 0.3) is 0 Å². The van der Waals surface area contributed by atoms with Gasteiger partial charge in [0.1, 0.15) is 0 Å². The molecule has 0 saturated carbocycles. The van der Waals surface area contributed by atoms with E-state index in [-0.39, 0.29) is 6.04 Å². The first-order chi connectivity index (χ1) is 6.22. The van der Waals surface area contributed by atoms with Gasteiger partial charge in [0.15, 0.2) is 0 Å². The molecule has 1 amide bonds. The van der Waals surface area contributed by atoms with Crippen molar-refractivity contribution in [2.24, 2.45) is 0 Å². The predicted molar refractivity (Wildman–Crippen MR) is 53.5 cm³/mol. The fourth-order valence-electron chi connectivity index (χ4n) is 1.25. The second kappa shape index (κ2) is 4.65. The van der Waals surface area contributed by atoms with Crippen LogP contribution in [0.1, 0.15) is 18.1 Å². The van der Waals surface area contributed by atoms with E-state index in [1.807, 2.05) is 6.92 Å². The van der Waals surface area contributed by atoms with Crippen molar-refractivity contribution >= 4 is 6.41 Å². The number of benzene rings is 1. The monoisotopic (exact) mass is 177 g/mol. The van der Waals surface area contributed by atoms with Crippen molar-refractivity contribution in [3.63, 3.8) is 0 Å². The number of rotatable bonds is 4. The van der Waals surface area contributed by atoms with Gasteiger partial charge in [-0.05, 0) is 25.8 Å². The lowest BCUT2D eigenvalue weighted by Gasteiger charge is -2.09. The van der Waals surface area contributed by atoms with Gasteiger partial charge in [-0.3, -0.25) is 4.79 Å². The largest absolute Gasteiger partial charge is 0.356 e. The van der Waals surface area contributed by atoms with Crippen LogP contribution < -0.4 is 5.32 Å². The van der Waals surface area contributed by atoms with Crippen molar-refractivity contribution in [2.75, 3.05) is 0 Å². The highest BCUT2D eigenvalue weighted by Crippen LogP contribution is 2.05. The Morgan fingerprint density at radius 2 is 2.00 bits per heavy atom. The molecular formula is C11H15NO. The number of carbonyl (C=O) groups excluding carboxylic acids is 1. The number of aryl methyl sites for hydroxylation is 1. The minimum Gasteiger partial charge on any atom is -0.356 e. The molecule has 1 rings (SSSR count).